The fourth-order valence-corrected chi connectivity index (χ4v) is 3.60. The molecule has 1 heterocycles. The van der Waals surface area contributed by atoms with Gasteiger partial charge in [-0.3, -0.25) is 0 Å². The van der Waals surface area contributed by atoms with Gasteiger partial charge in [-0.05, 0) is 42.2 Å². The van der Waals surface area contributed by atoms with E-state index in [1.165, 1.54) is 11.8 Å². The SMILES string of the molecule is Cc1ccc(F)cc1NC1CSCC(C)(C)C1. The highest BCUT2D eigenvalue weighted by Crippen LogP contribution is 2.35. The first-order chi connectivity index (χ1) is 7.96. The number of hydrogen-bond acceptors (Lipinski definition) is 2. The summed E-state index contributed by atoms with van der Waals surface area (Å²) >= 11 is 1.98. The minimum atomic E-state index is -0.166. The third-order valence-electron chi connectivity index (χ3n) is 3.17. The molecule has 1 N–H and O–H groups in total. The first kappa shape index (κ1) is 12.7. The molecule has 1 atom stereocenters. The lowest BCUT2D eigenvalue weighted by Gasteiger charge is -2.35. The number of halogens is 1. The molecule has 1 aliphatic rings. The molecule has 94 valence electrons. The topological polar surface area (TPSA) is 12.0 Å². The van der Waals surface area contributed by atoms with Crippen LogP contribution in [0, 0.1) is 18.2 Å². The highest BCUT2D eigenvalue weighted by molar-refractivity contribution is 7.99. The minimum absolute atomic E-state index is 0.166. The van der Waals surface area contributed by atoms with Crippen molar-refractivity contribution in [3.63, 3.8) is 0 Å². The Morgan fingerprint density at radius 3 is 2.88 bits per heavy atom. The lowest BCUT2D eigenvalue weighted by Crippen LogP contribution is -2.35. The van der Waals surface area contributed by atoms with E-state index in [-0.39, 0.29) is 5.82 Å². The Bertz CT molecular complexity index is 403. The number of anilines is 1. The van der Waals surface area contributed by atoms with Crippen molar-refractivity contribution in [2.45, 2.75) is 33.2 Å². The first-order valence-corrected chi connectivity index (χ1v) is 7.22. The number of benzene rings is 1. The average Bonchev–Trinajstić information content (AvgIpc) is 2.22. The van der Waals surface area contributed by atoms with E-state index in [1.54, 1.807) is 6.07 Å². The van der Waals surface area contributed by atoms with E-state index < -0.39 is 0 Å². The largest absolute Gasteiger partial charge is 0.381 e. The van der Waals surface area contributed by atoms with Crippen LogP contribution < -0.4 is 5.32 Å². The Labute approximate surface area is 107 Å². The van der Waals surface area contributed by atoms with E-state index in [9.17, 15) is 4.39 Å². The molecule has 1 aliphatic heterocycles. The predicted molar refractivity (Wildman–Crippen MR) is 74.3 cm³/mol. The van der Waals surface area contributed by atoms with E-state index in [2.05, 4.69) is 19.2 Å². The van der Waals surface area contributed by atoms with Crippen LogP contribution in [0.5, 0.6) is 0 Å². The second kappa shape index (κ2) is 4.89. The zero-order valence-electron chi connectivity index (χ0n) is 10.7. The van der Waals surface area contributed by atoms with Crippen LogP contribution in [0.4, 0.5) is 10.1 Å². The molecule has 17 heavy (non-hydrogen) atoms. The van der Waals surface area contributed by atoms with Crippen LogP contribution in [0.2, 0.25) is 0 Å². The third-order valence-corrected chi connectivity index (χ3v) is 4.79. The van der Waals surface area contributed by atoms with Crippen LogP contribution in [0.25, 0.3) is 0 Å². The summed E-state index contributed by atoms with van der Waals surface area (Å²) in [4.78, 5) is 0. The van der Waals surface area contributed by atoms with E-state index in [0.717, 1.165) is 23.4 Å². The molecule has 2 rings (SSSR count). The van der Waals surface area contributed by atoms with Crippen molar-refractivity contribution in [3.05, 3.63) is 29.6 Å². The molecule has 1 nitrogen and oxygen atoms in total. The summed E-state index contributed by atoms with van der Waals surface area (Å²) in [6, 6.07) is 5.39. The molecule has 0 aliphatic carbocycles. The summed E-state index contributed by atoms with van der Waals surface area (Å²) in [5, 5.41) is 3.48. The molecule has 0 spiro atoms. The summed E-state index contributed by atoms with van der Waals surface area (Å²) in [5.41, 5.74) is 2.43. The molecule has 0 radical (unpaired) electrons. The van der Waals surface area contributed by atoms with Gasteiger partial charge in [0.05, 0.1) is 0 Å². The van der Waals surface area contributed by atoms with Gasteiger partial charge in [-0.1, -0.05) is 19.9 Å². The fourth-order valence-electron chi connectivity index (χ4n) is 2.32. The van der Waals surface area contributed by atoms with Crippen molar-refractivity contribution < 1.29 is 4.39 Å². The van der Waals surface area contributed by atoms with Crippen molar-refractivity contribution >= 4 is 17.4 Å². The Morgan fingerprint density at radius 2 is 2.18 bits per heavy atom. The van der Waals surface area contributed by atoms with Crippen molar-refractivity contribution in [2.24, 2.45) is 5.41 Å². The summed E-state index contributed by atoms with van der Waals surface area (Å²) < 4.78 is 13.2. The summed E-state index contributed by atoms with van der Waals surface area (Å²) in [6.45, 7) is 6.61. The lowest BCUT2D eigenvalue weighted by molar-refractivity contribution is 0.358. The second-order valence-electron chi connectivity index (χ2n) is 5.68. The van der Waals surface area contributed by atoms with Crippen LogP contribution in [-0.4, -0.2) is 17.5 Å². The summed E-state index contributed by atoms with van der Waals surface area (Å²) in [5.74, 6) is 2.16. The van der Waals surface area contributed by atoms with Gasteiger partial charge in [-0.25, -0.2) is 4.39 Å². The molecule has 0 amide bonds. The second-order valence-corrected chi connectivity index (χ2v) is 6.71. The molecular weight excluding hydrogens is 233 g/mol. The van der Waals surface area contributed by atoms with Crippen molar-refractivity contribution in [3.8, 4) is 0 Å². The lowest BCUT2D eigenvalue weighted by atomic mass is 9.87. The summed E-state index contributed by atoms with van der Waals surface area (Å²) in [6.07, 6.45) is 1.15. The molecule has 0 bridgehead atoms. The molecule has 0 aromatic heterocycles. The highest BCUT2D eigenvalue weighted by Gasteiger charge is 2.28. The highest BCUT2D eigenvalue weighted by atomic mass is 32.2. The molecule has 1 aromatic rings. The van der Waals surface area contributed by atoms with Gasteiger partial charge >= 0.3 is 0 Å². The van der Waals surface area contributed by atoms with Gasteiger partial charge in [0.15, 0.2) is 0 Å². The molecule has 1 saturated heterocycles. The van der Waals surface area contributed by atoms with Gasteiger partial charge in [0, 0.05) is 17.5 Å². The number of nitrogens with one attached hydrogen (secondary N) is 1. The van der Waals surface area contributed by atoms with Gasteiger partial charge in [-0.2, -0.15) is 11.8 Å². The van der Waals surface area contributed by atoms with Crippen molar-refractivity contribution in [1.82, 2.24) is 0 Å². The van der Waals surface area contributed by atoms with E-state index in [4.69, 9.17) is 0 Å². The molecule has 1 aromatic carbocycles. The fraction of sp³-hybridized carbons (Fsp3) is 0.571. The van der Waals surface area contributed by atoms with E-state index in [1.807, 2.05) is 24.8 Å². The van der Waals surface area contributed by atoms with Gasteiger partial charge in [0.25, 0.3) is 0 Å². The van der Waals surface area contributed by atoms with Crippen molar-refractivity contribution in [2.75, 3.05) is 16.8 Å². The van der Waals surface area contributed by atoms with E-state index >= 15 is 0 Å². The molecule has 1 fully saturated rings. The number of rotatable bonds is 2. The standard InChI is InChI=1S/C14H20FNS/c1-10-4-5-11(15)6-13(10)16-12-7-14(2,3)9-17-8-12/h4-6,12,16H,7-9H2,1-3H3. The molecule has 0 saturated carbocycles. The maximum atomic E-state index is 13.2. The maximum Gasteiger partial charge on any atom is 0.125 e. The van der Waals surface area contributed by atoms with Gasteiger partial charge in [0.1, 0.15) is 5.82 Å². The number of hydrogen-bond donors (Lipinski definition) is 1. The molecule has 1 unspecified atom stereocenters. The zero-order chi connectivity index (χ0) is 12.5. The van der Waals surface area contributed by atoms with E-state index in [0.29, 0.717) is 11.5 Å². The van der Waals surface area contributed by atoms with Gasteiger partial charge < -0.3 is 5.32 Å². The Kier molecular flexibility index (Phi) is 3.67. The Hall–Kier alpha value is -0.700. The van der Waals surface area contributed by atoms with Crippen LogP contribution in [-0.2, 0) is 0 Å². The molecule has 3 heteroatoms. The maximum absolute atomic E-state index is 13.2. The van der Waals surface area contributed by atoms with Gasteiger partial charge in [-0.15, -0.1) is 0 Å². The number of thioether (sulfide) groups is 1. The zero-order valence-corrected chi connectivity index (χ0v) is 11.5. The minimum Gasteiger partial charge on any atom is -0.381 e. The Balaban J connectivity index is 2.07. The van der Waals surface area contributed by atoms with Crippen LogP contribution in [0.3, 0.4) is 0 Å². The molecular formula is C14H20FNS. The average molecular weight is 253 g/mol. The van der Waals surface area contributed by atoms with Crippen LogP contribution >= 0.6 is 11.8 Å². The normalized spacial score (nSPS) is 23.4. The number of aryl methyl sites for hydroxylation is 1. The van der Waals surface area contributed by atoms with Crippen LogP contribution in [0.15, 0.2) is 18.2 Å². The smallest absolute Gasteiger partial charge is 0.125 e. The Morgan fingerprint density at radius 1 is 1.41 bits per heavy atom. The monoisotopic (exact) mass is 253 g/mol. The van der Waals surface area contributed by atoms with Crippen LogP contribution in [0.1, 0.15) is 25.8 Å². The first-order valence-electron chi connectivity index (χ1n) is 6.07. The predicted octanol–water partition coefficient (Wildman–Crippen LogP) is 4.08. The van der Waals surface area contributed by atoms with Crippen molar-refractivity contribution in [1.29, 1.82) is 0 Å². The quantitative estimate of drug-likeness (QED) is 0.852. The third kappa shape index (κ3) is 3.38. The van der Waals surface area contributed by atoms with Gasteiger partial charge in [0.2, 0.25) is 0 Å². The summed E-state index contributed by atoms with van der Waals surface area (Å²) in [7, 11) is 0.